The fourth-order valence-electron chi connectivity index (χ4n) is 1.70. The first-order chi connectivity index (χ1) is 7.72. The number of hydrogen-bond acceptors (Lipinski definition) is 5. The number of nitrogens with two attached hydrogens (primary N) is 1. The Balaban J connectivity index is 2.44. The third kappa shape index (κ3) is 2.11. The van der Waals surface area contributed by atoms with Crippen LogP contribution in [0.4, 0.5) is 0 Å². The predicted molar refractivity (Wildman–Crippen MR) is 65.0 cm³/mol. The number of hydrogen-bond donors (Lipinski definition) is 2. The molecule has 2 rings (SSSR count). The van der Waals surface area contributed by atoms with Crippen molar-refractivity contribution in [1.82, 2.24) is 15.0 Å². The van der Waals surface area contributed by atoms with Crippen LogP contribution >= 0.6 is 11.5 Å². The summed E-state index contributed by atoms with van der Waals surface area (Å²) in [5.74, 6) is 5.62. The molecule has 2 aromatic rings. The van der Waals surface area contributed by atoms with E-state index in [-0.39, 0.29) is 6.04 Å². The molecular weight excluding hydrogens is 220 g/mol. The van der Waals surface area contributed by atoms with E-state index in [1.807, 2.05) is 0 Å². The van der Waals surface area contributed by atoms with Crippen molar-refractivity contribution in [2.45, 2.75) is 19.9 Å². The molecule has 0 radical (unpaired) electrons. The second-order valence-electron chi connectivity index (χ2n) is 3.78. The molecule has 16 heavy (non-hydrogen) atoms. The number of benzene rings is 1. The van der Waals surface area contributed by atoms with Gasteiger partial charge in [-0.2, -0.15) is 0 Å². The third-order valence-corrected chi connectivity index (χ3v) is 3.30. The molecule has 1 heterocycles. The number of aryl methyl sites for hydroxylation is 2. The molecule has 3 N–H and O–H groups in total. The van der Waals surface area contributed by atoms with Gasteiger partial charge in [-0.1, -0.05) is 28.3 Å². The molecule has 0 aliphatic heterocycles. The van der Waals surface area contributed by atoms with Crippen molar-refractivity contribution < 1.29 is 0 Å². The Morgan fingerprint density at radius 1 is 1.38 bits per heavy atom. The van der Waals surface area contributed by atoms with Gasteiger partial charge in [0.15, 0.2) is 0 Å². The number of rotatable bonds is 3. The van der Waals surface area contributed by atoms with Gasteiger partial charge >= 0.3 is 0 Å². The topological polar surface area (TPSA) is 63.8 Å². The van der Waals surface area contributed by atoms with Crippen molar-refractivity contribution in [2.24, 2.45) is 5.84 Å². The fourth-order valence-corrected chi connectivity index (χ4v) is 2.28. The van der Waals surface area contributed by atoms with Crippen molar-refractivity contribution in [2.75, 3.05) is 0 Å². The van der Waals surface area contributed by atoms with Crippen LogP contribution in [-0.4, -0.2) is 9.59 Å². The van der Waals surface area contributed by atoms with Crippen LogP contribution < -0.4 is 11.3 Å². The summed E-state index contributed by atoms with van der Waals surface area (Å²) in [7, 11) is 0. The Morgan fingerprint density at radius 2 is 2.19 bits per heavy atom. The molecule has 0 saturated heterocycles. The molecule has 0 aliphatic carbocycles. The van der Waals surface area contributed by atoms with Gasteiger partial charge in [-0.05, 0) is 36.5 Å². The number of aromatic nitrogens is 2. The lowest BCUT2D eigenvalue weighted by molar-refractivity contribution is 0.641. The van der Waals surface area contributed by atoms with Gasteiger partial charge in [-0.15, -0.1) is 5.10 Å². The molecule has 5 heteroatoms. The highest BCUT2D eigenvalue weighted by atomic mass is 32.1. The summed E-state index contributed by atoms with van der Waals surface area (Å²) >= 11 is 1.36. The van der Waals surface area contributed by atoms with Crippen LogP contribution in [0.1, 0.15) is 27.6 Å². The minimum absolute atomic E-state index is 0.0279. The van der Waals surface area contributed by atoms with Crippen molar-refractivity contribution >= 4 is 11.5 Å². The van der Waals surface area contributed by atoms with E-state index in [1.54, 1.807) is 6.20 Å². The minimum atomic E-state index is -0.0279. The first kappa shape index (κ1) is 11.2. The molecular formula is C11H14N4S. The Morgan fingerprint density at radius 3 is 2.81 bits per heavy atom. The van der Waals surface area contributed by atoms with Gasteiger partial charge in [0.05, 0.1) is 17.1 Å². The van der Waals surface area contributed by atoms with Crippen LogP contribution in [0.15, 0.2) is 24.4 Å². The SMILES string of the molecule is Cc1ccc(C)c(C(NN)c2cnns2)c1. The number of nitrogens with one attached hydrogen (secondary N) is 1. The summed E-state index contributed by atoms with van der Waals surface area (Å²) in [5, 5.41) is 3.84. The average Bonchev–Trinajstić information content (AvgIpc) is 2.78. The molecule has 1 aromatic carbocycles. The molecule has 0 fully saturated rings. The first-order valence-electron chi connectivity index (χ1n) is 5.03. The van der Waals surface area contributed by atoms with E-state index >= 15 is 0 Å². The monoisotopic (exact) mass is 234 g/mol. The summed E-state index contributed by atoms with van der Waals surface area (Å²) in [5.41, 5.74) is 6.42. The minimum Gasteiger partial charge on any atom is -0.271 e. The fraction of sp³-hybridized carbons (Fsp3) is 0.273. The van der Waals surface area contributed by atoms with Crippen LogP contribution in [0.2, 0.25) is 0 Å². The van der Waals surface area contributed by atoms with Crippen molar-refractivity contribution in [1.29, 1.82) is 0 Å². The van der Waals surface area contributed by atoms with Crippen LogP contribution in [0, 0.1) is 13.8 Å². The second-order valence-corrected chi connectivity index (χ2v) is 4.60. The average molecular weight is 234 g/mol. The highest BCUT2D eigenvalue weighted by Crippen LogP contribution is 2.26. The summed E-state index contributed by atoms with van der Waals surface area (Å²) < 4.78 is 3.86. The van der Waals surface area contributed by atoms with Crippen LogP contribution in [0.3, 0.4) is 0 Å². The highest BCUT2D eigenvalue weighted by Gasteiger charge is 2.16. The molecule has 1 aromatic heterocycles. The van der Waals surface area contributed by atoms with Gasteiger partial charge in [0, 0.05) is 0 Å². The van der Waals surface area contributed by atoms with E-state index in [9.17, 15) is 0 Å². The van der Waals surface area contributed by atoms with E-state index in [0.29, 0.717) is 0 Å². The zero-order chi connectivity index (χ0) is 11.5. The maximum Gasteiger partial charge on any atom is 0.0837 e. The lowest BCUT2D eigenvalue weighted by Gasteiger charge is -2.16. The second kappa shape index (κ2) is 4.69. The van der Waals surface area contributed by atoms with Crippen molar-refractivity contribution in [3.05, 3.63) is 46.0 Å². The van der Waals surface area contributed by atoms with Gasteiger partial charge < -0.3 is 0 Å². The van der Waals surface area contributed by atoms with E-state index in [2.05, 4.69) is 47.1 Å². The number of nitrogens with zero attached hydrogens (tertiary/aromatic N) is 2. The number of hydrazine groups is 1. The van der Waals surface area contributed by atoms with Gasteiger partial charge in [-0.25, -0.2) is 5.43 Å². The molecule has 0 aliphatic rings. The van der Waals surface area contributed by atoms with E-state index < -0.39 is 0 Å². The van der Waals surface area contributed by atoms with Gasteiger partial charge in [0.2, 0.25) is 0 Å². The summed E-state index contributed by atoms with van der Waals surface area (Å²) in [6.45, 7) is 4.15. The van der Waals surface area contributed by atoms with Gasteiger partial charge in [0.25, 0.3) is 0 Å². The van der Waals surface area contributed by atoms with Crippen LogP contribution in [0.5, 0.6) is 0 Å². The Bertz CT molecular complexity index is 467. The molecule has 0 amide bonds. The van der Waals surface area contributed by atoms with E-state index in [4.69, 9.17) is 5.84 Å². The van der Waals surface area contributed by atoms with Crippen molar-refractivity contribution in [3.8, 4) is 0 Å². The standard InChI is InChI=1S/C11H14N4S/c1-7-3-4-8(2)9(5-7)11(14-12)10-6-13-15-16-10/h3-6,11,14H,12H2,1-2H3. The normalized spacial score (nSPS) is 12.7. The lowest BCUT2D eigenvalue weighted by Crippen LogP contribution is -2.28. The molecule has 0 saturated carbocycles. The third-order valence-electron chi connectivity index (χ3n) is 2.58. The zero-order valence-corrected chi connectivity index (χ0v) is 10.1. The van der Waals surface area contributed by atoms with Crippen molar-refractivity contribution in [3.63, 3.8) is 0 Å². The predicted octanol–water partition coefficient (Wildman–Crippen LogP) is 1.71. The Kier molecular flexibility index (Phi) is 3.28. The van der Waals surface area contributed by atoms with Crippen LogP contribution in [-0.2, 0) is 0 Å². The Labute approximate surface area is 98.6 Å². The maximum atomic E-state index is 5.62. The molecule has 0 bridgehead atoms. The van der Waals surface area contributed by atoms with E-state index in [0.717, 1.165) is 4.88 Å². The quantitative estimate of drug-likeness (QED) is 0.627. The molecule has 0 spiro atoms. The Hall–Kier alpha value is -1.30. The smallest absolute Gasteiger partial charge is 0.0837 e. The van der Waals surface area contributed by atoms with Gasteiger partial charge in [0.1, 0.15) is 0 Å². The summed E-state index contributed by atoms with van der Waals surface area (Å²) in [4.78, 5) is 1.02. The molecule has 84 valence electrons. The van der Waals surface area contributed by atoms with Gasteiger partial charge in [-0.3, -0.25) is 5.84 Å². The van der Waals surface area contributed by atoms with Crippen LogP contribution in [0.25, 0.3) is 0 Å². The molecule has 1 unspecified atom stereocenters. The zero-order valence-electron chi connectivity index (χ0n) is 9.27. The van der Waals surface area contributed by atoms with E-state index in [1.165, 1.54) is 28.2 Å². The molecule has 4 nitrogen and oxygen atoms in total. The first-order valence-corrected chi connectivity index (χ1v) is 5.80. The highest BCUT2D eigenvalue weighted by molar-refractivity contribution is 7.05. The lowest BCUT2D eigenvalue weighted by atomic mass is 9.98. The summed E-state index contributed by atoms with van der Waals surface area (Å²) in [6, 6.07) is 6.31. The summed E-state index contributed by atoms with van der Waals surface area (Å²) in [6.07, 6.45) is 1.75. The maximum absolute atomic E-state index is 5.62. The molecule has 1 atom stereocenters. The largest absolute Gasteiger partial charge is 0.271 e.